The maximum absolute atomic E-state index is 11.4. The fourth-order valence-corrected chi connectivity index (χ4v) is 3.94. The van der Waals surface area contributed by atoms with Crippen LogP contribution >= 0.6 is 11.3 Å². The van der Waals surface area contributed by atoms with Gasteiger partial charge in [-0.05, 0) is 32.4 Å². The van der Waals surface area contributed by atoms with Crippen molar-refractivity contribution in [2.75, 3.05) is 38.2 Å². The van der Waals surface area contributed by atoms with Gasteiger partial charge >= 0.3 is 5.97 Å². The molecule has 20 heavy (non-hydrogen) atoms. The Hall–Kier alpha value is -1.14. The lowest BCUT2D eigenvalue weighted by molar-refractivity contribution is 0.0595. The Morgan fingerprint density at radius 1 is 1.35 bits per heavy atom. The van der Waals surface area contributed by atoms with Crippen molar-refractivity contribution in [2.45, 2.75) is 31.7 Å². The molecule has 5 nitrogen and oxygen atoms in total. The average molecular weight is 295 g/mol. The standard InChI is InChI=1S/C14H21N3O2S/c1-19-13(18)12-10-20-14(15-12)17-8-5-11(9-17)16-6-3-2-4-7-16/h10-11H,2-9H2,1H3. The normalized spacial score (nSPS) is 24.1. The number of methoxy groups -OCH3 is 1. The van der Waals surface area contributed by atoms with Gasteiger partial charge in [0.2, 0.25) is 0 Å². The van der Waals surface area contributed by atoms with Gasteiger partial charge in [0, 0.05) is 24.5 Å². The van der Waals surface area contributed by atoms with Crippen LogP contribution < -0.4 is 4.90 Å². The van der Waals surface area contributed by atoms with Crippen molar-refractivity contribution >= 4 is 22.4 Å². The highest BCUT2D eigenvalue weighted by molar-refractivity contribution is 7.13. The first-order valence-corrected chi connectivity index (χ1v) is 8.19. The zero-order valence-corrected chi connectivity index (χ0v) is 12.7. The summed E-state index contributed by atoms with van der Waals surface area (Å²) in [6.07, 6.45) is 5.25. The van der Waals surface area contributed by atoms with Gasteiger partial charge in [-0.3, -0.25) is 4.90 Å². The van der Waals surface area contributed by atoms with Gasteiger partial charge in [0.25, 0.3) is 0 Å². The number of piperidine rings is 1. The predicted octanol–water partition coefficient (Wildman–Crippen LogP) is 1.99. The molecule has 3 rings (SSSR count). The number of hydrogen-bond donors (Lipinski definition) is 0. The fraction of sp³-hybridized carbons (Fsp3) is 0.714. The number of esters is 1. The molecule has 2 aliphatic rings. The second kappa shape index (κ2) is 6.10. The van der Waals surface area contributed by atoms with Gasteiger partial charge in [0.05, 0.1) is 7.11 Å². The predicted molar refractivity (Wildman–Crippen MR) is 79.5 cm³/mol. The first-order chi connectivity index (χ1) is 9.78. The molecule has 1 unspecified atom stereocenters. The van der Waals surface area contributed by atoms with Crippen LogP contribution in [-0.2, 0) is 4.74 Å². The van der Waals surface area contributed by atoms with Crippen molar-refractivity contribution in [1.82, 2.24) is 9.88 Å². The van der Waals surface area contributed by atoms with Crippen LogP contribution in [0, 0.1) is 0 Å². The maximum atomic E-state index is 11.4. The minimum absolute atomic E-state index is 0.348. The zero-order chi connectivity index (χ0) is 13.9. The number of rotatable bonds is 3. The highest BCUT2D eigenvalue weighted by Gasteiger charge is 2.30. The number of carbonyl (C=O) groups excluding carboxylic acids is 1. The lowest BCUT2D eigenvalue weighted by Gasteiger charge is -2.32. The molecule has 0 aromatic carbocycles. The van der Waals surface area contributed by atoms with Crippen LogP contribution in [0.2, 0.25) is 0 Å². The van der Waals surface area contributed by atoms with E-state index >= 15 is 0 Å². The molecule has 110 valence electrons. The van der Waals surface area contributed by atoms with E-state index in [0.717, 1.165) is 18.2 Å². The van der Waals surface area contributed by atoms with Crippen molar-refractivity contribution in [3.63, 3.8) is 0 Å². The number of aromatic nitrogens is 1. The molecule has 0 spiro atoms. The van der Waals surface area contributed by atoms with E-state index in [0.29, 0.717) is 11.7 Å². The van der Waals surface area contributed by atoms with Crippen molar-refractivity contribution in [3.8, 4) is 0 Å². The summed E-state index contributed by atoms with van der Waals surface area (Å²) in [6.45, 7) is 4.55. The van der Waals surface area contributed by atoms with Crippen molar-refractivity contribution in [2.24, 2.45) is 0 Å². The number of anilines is 1. The van der Waals surface area contributed by atoms with Crippen LogP contribution in [0.5, 0.6) is 0 Å². The molecule has 2 saturated heterocycles. The van der Waals surface area contributed by atoms with Gasteiger partial charge in [0.1, 0.15) is 0 Å². The van der Waals surface area contributed by atoms with E-state index in [2.05, 4.69) is 14.8 Å². The van der Waals surface area contributed by atoms with E-state index in [9.17, 15) is 4.79 Å². The van der Waals surface area contributed by atoms with Crippen LogP contribution in [0.25, 0.3) is 0 Å². The minimum Gasteiger partial charge on any atom is -0.464 e. The van der Waals surface area contributed by atoms with Gasteiger partial charge in [-0.25, -0.2) is 9.78 Å². The summed E-state index contributed by atoms with van der Waals surface area (Å²) < 4.78 is 4.71. The molecule has 0 amide bonds. The van der Waals surface area contributed by atoms with Gasteiger partial charge < -0.3 is 9.64 Å². The molecule has 2 aliphatic heterocycles. The summed E-state index contributed by atoms with van der Waals surface area (Å²) in [5.74, 6) is -0.348. The lowest BCUT2D eigenvalue weighted by atomic mass is 10.1. The molecule has 0 aliphatic carbocycles. The smallest absolute Gasteiger partial charge is 0.357 e. The van der Waals surface area contributed by atoms with E-state index < -0.39 is 0 Å². The van der Waals surface area contributed by atoms with Crippen LogP contribution in [0.4, 0.5) is 5.13 Å². The Bertz CT molecular complexity index is 471. The average Bonchev–Trinajstić information content (AvgIpc) is 3.16. The number of thiazole rings is 1. The summed E-state index contributed by atoms with van der Waals surface area (Å²) >= 11 is 1.53. The fourth-order valence-electron chi connectivity index (χ4n) is 3.10. The van der Waals surface area contributed by atoms with Crippen molar-refractivity contribution in [1.29, 1.82) is 0 Å². The second-order valence-corrected chi connectivity index (χ2v) is 6.33. The third-order valence-corrected chi connectivity index (χ3v) is 5.13. The first-order valence-electron chi connectivity index (χ1n) is 7.31. The molecule has 1 atom stereocenters. The molecule has 2 fully saturated rings. The van der Waals surface area contributed by atoms with Crippen LogP contribution in [0.1, 0.15) is 36.2 Å². The Morgan fingerprint density at radius 3 is 2.90 bits per heavy atom. The summed E-state index contributed by atoms with van der Waals surface area (Å²) in [5, 5.41) is 2.74. The van der Waals surface area contributed by atoms with E-state index in [1.54, 1.807) is 5.38 Å². The van der Waals surface area contributed by atoms with Crippen molar-refractivity contribution < 1.29 is 9.53 Å². The number of hydrogen-bond acceptors (Lipinski definition) is 6. The molecule has 0 radical (unpaired) electrons. The minimum atomic E-state index is -0.348. The quantitative estimate of drug-likeness (QED) is 0.798. The zero-order valence-electron chi connectivity index (χ0n) is 11.9. The Balaban J connectivity index is 1.61. The Labute approximate surface area is 123 Å². The van der Waals surface area contributed by atoms with Crippen LogP contribution in [-0.4, -0.2) is 55.2 Å². The van der Waals surface area contributed by atoms with E-state index in [4.69, 9.17) is 4.74 Å². The third kappa shape index (κ3) is 2.81. The van der Waals surface area contributed by atoms with Crippen molar-refractivity contribution in [3.05, 3.63) is 11.1 Å². The molecule has 1 aromatic heterocycles. The van der Waals surface area contributed by atoms with E-state index in [1.807, 2.05) is 0 Å². The highest BCUT2D eigenvalue weighted by Crippen LogP contribution is 2.27. The summed E-state index contributed by atoms with van der Waals surface area (Å²) in [6, 6.07) is 0.653. The van der Waals surface area contributed by atoms with Gasteiger partial charge in [-0.1, -0.05) is 6.42 Å². The molecule has 3 heterocycles. The summed E-state index contributed by atoms with van der Waals surface area (Å²) in [5.41, 5.74) is 0.425. The number of carbonyl (C=O) groups is 1. The largest absolute Gasteiger partial charge is 0.464 e. The molecule has 6 heteroatoms. The van der Waals surface area contributed by atoms with E-state index in [1.165, 1.54) is 57.2 Å². The molecule has 0 saturated carbocycles. The highest BCUT2D eigenvalue weighted by atomic mass is 32.1. The summed E-state index contributed by atoms with van der Waals surface area (Å²) in [7, 11) is 1.39. The number of ether oxygens (including phenoxy) is 1. The monoisotopic (exact) mass is 295 g/mol. The SMILES string of the molecule is COC(=O)c1csc(N2CCC(N3CCCCC3)C2)n1. The van der Waals surface area contributed by atoms with Gasteiger partial charge in [0.15, 0.2) is 10.8 Å². The third-order valence-electron chi connectivity index (χ3n) is 4.23. The second-order valence-electron chi connectivity index (χ2n) is 5.49. The van der Waals surface area contributed by atoms with Gasteiger partial charge in [-0.15, -0.1) is 11.3 Å². The number of likely N-dealkylation sites (tertiary alicyclic amines) is 1. The summed E-state index contributed by atoms with van der Waals surface area (Å²) in [4.78, 5) is 20.8. The number of nitrogens with zero attached hydrogens (tertiary/aromatic N) is 3. The molecular formula is C14H21N3O2S. The topological polar surface area (TPSA) is 45.7 Å². The first kappa shape index (κ1) is 13.8. The molecule has 0 N–H and O–H groups in total. The molecule has 0 bridgehead atoms. The Morgan fingerprint density at radius 2 is 2.15 bits per heavy atom. The molecular weight excluding hydrogens is 274 g/mol. The lowest BCUT2D eigenvalue weighted by Crippen LogP contribution is -2.40. The van der Waals surface area contributed by atoms with Crippen LogP contribution in [0.15, 0.2) is 5.38 Å². The Kier molecular flexibility index (Phi) is 4.21. The maximum Gasteiger partial charge on any atom is 0.357 e. The van der Waals surface area contributed by atoms with Crippen LogP contribution in [0.3, 0.4) is 0 Å². The van der Waals surface area contributed by atoms with Gasteiger partial charge in [-0.2, -0.15) is 0 Å². The van der Waals surface area contributed by atoms with E-state index in [-0.39, 0.29) is 5.97 Å². The molecule has 1 aromatic rings.